The molecule has 3 nitrogen and oxygen atoms in total. The quantitative estimate of drug-likeness (QED) is 0.608. The maximum atomic E-state index is 8.66. The molecule has 82 valence electrons. The van der Waals surface area contributed by atoms with Crippen molar-refractivity contribution in [3.8, 4) is 6.07 Å². The van der Waals surface area contributed by atoms with Crippen LogP contribution in [0.3, 0.4) is 0 Å². The Kier molecular flexibility index (Phi) is 7.45. The van der Waals surface area contributed by atoms with Crippen LogP contribution in [0.4, 0.5) is 0 Å². The molecular formula is C11H22N2O. The smallest absolute Gasteiger partial charge is 0.101 e. The summed E-state index contributed by atoms with van der Waals surface area (Å²) in [6, 6.07) is 2.09. The van der Waals surface area contributed by atoms with Gasteiger partial charge in [0, 0.05) is 13.2 Å². The summed E-state index contributed by atoms with van der Waals surface area (Å²) in [5.74, 6) is 0. The summed E-state index contributed by atoms with van der Waals surface area (Å²) in [7, 11) is 0. The SMILES string of the molecule is CCCCOCCCCC(C)(N)C#N. The van der Waals surface area contributed by atoms with Gasteiger partial charge in [0.1, 0.15) is 5.54 Å². The van der Waals surface area contributed by atoms with Crippen molar-refractivity contribution < 1.29 is 4.74 Å². The minimum atomic E-state index is -0.663. The summed E-state index contributed by atoms with van der Waals surface area (Å²) < 4.78 is 5.40. The number of nitriles is 1. The lowest BCUT2D eigenvalue weighted by molar-refractivity contribution is 0.126. The van der Waals surface area contributed by atoms with Crippen LogP contribution in [0, 0.1) is 11.3 Å². The van der Waals surface area contributed by atoms with Crippen LogP contribution in [0.5, 0.6) is 0 Å². The van der Waals surface area contributed by atoms with Crippen molar-refractivity contribution in [3.05, 3.63) is 0 Å². The van der Waals surface area contributed by atoms with Crippen LogP contribution in [0.25, 0.3) is 0 Å². The Morgan fingerprint density at radius 3 is 2.50 bits per heavy atom. The molecule has 0 saturated heterocycles. The number of hydrogen-bond acceptors (Lipinski definition) is 3. The second kappa shape index (κ2) is 7.78. The predicted octanol–water partition coefficient (Wildman–Crippen LogP) is 2.21. The normalized spacial score (nSPS) is 14.7. The Morgan fingerprint density at radius 1 is 1.29 bits per heavy atom. The van der Waals surface area contributed by atoms with E-state index in [-0.39, 0.29) is 0 Å². The van der Waals surface area contributed by atoms with Gasteiger partial charge in [-0.3, -0.25) is 0 Å². The summed E-state index contributed by atoms with van der Waals surface area (Å²) in [5.41, 5.74) is 5.01. The topological polar surface area (TPSA) is 59.0 Å². The summed E-state index contributed by atoms with van der Waals surface area (Å²) >= 11 is 0. The number of hydrogen-bond donors (Lipinski definition) is 1. The van der Waals surface area contributed by atoms with Gasteiger partial charge in [0.25, 0.3) is 0 Å². The zero-order chi connectivity index (χ0) is 10.9. The lowest BCUT2D eigenvalue weighted by Crippen LogP contribution is -2.33. The van der Waals surface area contributed by atoms with Gasteiger partial charge in [-0.05, 0) is 32.6 Å². The van der Waals surface area contributed by atoms with Crippen molar-refractivity contribution in [1.29, 1.82) is 5.26 Å². The molecule has 0 spiro atoms. The van der Waals surface area contributed by atoms with Crippen molar-refractivity contribution in [2.45, 2.75) is 51.5 Å². The molecule has 0 aromatic heterocycles. The largest absolute Gasteiger partial charge is 0.381 e. The van der Waals surface area contributed by atoms with Crippen molar-refractivity contribution in [2.75, 3.05) is 13.2 Å². The lowest BCUT2D eigenvalue weighted by atomic mass is 9.98. The molecule has 0 aliphatic heterocycles. The monoisotopic (exact) mass is 198 g/mol. The molecule has 0 aliphatic carbocycles. The first kappa shape index (κ1) is 13.4. The van der Waals surface area contributed by atoms with E-state index in [1.807, 2.05) is 0 Å². The van der Waals surface area contributed by atoms with Crippen molar-refractivity contribution >= 4 is 0 Å². The summed E-state index contributed by atoms with van der Waals surface area (Å²) in [4.78, 5) is 0. The minimum Gasteiger partial charge on any atom is -0.381 e. The Bertz CT molecular complexity index is 173. The highest BCUT2D eigenvalue weighted by Gasteiger charge is 2.15. The summed E-state index contributed by atoms with van der Waals surface area (Å²) in [6.07, 6.45) is 5.02. The van der Waals surface area contributed by atoms with Gasteiger partial charge in [0.15, 0.2) is 0 Å². The third-order valence-corrected chi connectivity index (χ3v) is 2.13. The molecule has 0 bridgehead atoms. The molecule has 0 radical (unpaired) electrons. The maximum Gasteiger partial charge on any atom is 0.101 e. The molecule has 0 aromatic carbocycles. The van der Waals surface area contributed by atoms with Crippen LogP contribution in [0.15, 0.2) is 0 Å². The van der Waals surface area contributed by atoms with Gasteiger partial charge in [-0.25, -0.2) is 0 Å². The molecular weight excluding hydrogens is 176 g/mol. The van der Waals surface area contributed by atoms with Gasteiger partial charge in [-0.1, -0.05) is 13.3 Å². The molecule has 1 atom stereocenters. The summed E-state index contributed by atoms with van der Waals surface area (Å²) in [6.45, 7) is 5.57. The standard InChI is InChI=1S/C11H22N2O/c1-3-4-8-14-9-6-5-7-11(2,13)10-12/h3-9,13H2,1-2H3. The van der Waals surface area contributed by atoms with Crippen molar-refractivity contribution in [2.24, 2.45) is 5.73 Å². The average molecular weight is 198 g/mol. The van der Waals surface area contributed by atoms with Gasteiger partial charge in [-0.15, -0.1) is 0 Å². The Balaban J connectivity index is 3.18. The third kappa shape index (κ3) is 8.03. The predicted molar refractivity (Wildman–Crippen MR) is 57.8 cm³/mol. The molecule has 0 fully saturated rings. The first-order valence-electron chi connectivity index (χ1n) is 5.40. The first-order chi connectivity index (χ1) is 6.62. The molecule has 0 heterocycles. The fraction of sp³-hybridized carbons (Fsp3) is 0.909. The average Bonchev–Trinajstić information content (AvgIpc) is 2.16. The lowest BCUT2D eigenvalue weighted by Gasteiger charge is -2.14. The van der Waals surface area contributed by atoms with Gasteiger partial charge in [0.05, 0.1) is 6.07 Å². The molecule has 0 aliphatic rings. The van der Waals surface area contributed by atoms with E-state index >= 15 is 0 Å². The van der Waals surface area contributed by atoms with E-state index in [1.165, 1.54) is 6.42 Å². The highest BCUT2D eigenvalue weighted by molar-refractivity contribution is 5.00. The van der Waals surface area contributed by atoms with Crippen LogP contribution < -0.4 is 5.73 Å². The molecule has 0 saturated carbocycles. The van der Waals surface area contributed by atoms with Gasteiger partial charge in [0.2, 0.25) is 0 Å². The Labute approximate surface area is 87.2 Å². The molecule has 3 heteroatoms. The van der Waals surface area contributed by atoms with E-state index in [0.717, 1.165) is 38.9 Å². The van der Waals surface area contributed by atoms with E-state index in [0.29, 0.717) is 0 Å². The van der Waals surface area contributed by atoms with Crippen molar-refractivity contribution in [3.63, 3.8) is 0 Å². The van der Waals surface area contributed by atoms with Crippen LogP contribution in [-0.4, -0.2) is 18.8 Å². The third-order valence-electron chi connectivity index (χ3n) is 2.13. The van der Waals surface area contributed by atoms with Crippen LogP contribution in [0.2, 0.25) is 0 Å². The highest BCUT2D eigenvalue weighted by atomic mass is 16.5. The van der Waals surface area contributed by atoms with Crippen LogP contribution >= 0.6 is 0 Å². The van der Waals surface area contributed by atoms with Gasteiger partial charge < -0.3 is 10.5 Å². The van der Waals surface area contributed by atoms with Crippen molar-refractivity contribution in [1.82, 2.24) is 0 Å². The fourth-order valence-electron chi connectivity index (χ4n) is 1.10. The molecule has 0 rings (SSSR count). The molecule has 0 amide bonds. The molecule has 1 unspecified atom stereocenters. The fourth-order valence-corrected chi connectivity index (χ4v) is 1.10. The molecule has 0 aromatic rings. The highest BCUT2D eigenvalue weighted by Crippen LogP contribution is 2.09. The number of nitrogens with two attached hydrogens (primary N) is 1. The molecule has 2 N–H and O–H groups in total. The summed E-state index contributed by atoms with van der Waals surface area (Å²) in [5, 5.41) is 8.66. The number of ether oxygens (including phenoxy) is 1. The second-order valence-corrected chi connectivity index (χ2v) is 3.95. The first-order valence-corrected chi connectivity index (χ1v) is 5.40. The number of rotatable bonds is 8. The van der Waals surface area contributed by atoms with E-state index in [9.17, 15) is 0 Å². The number of unbranched alkanes of at least 4 members (excludes halogenated alkanes) is 2. The Morgan fingerprint density at radius 2 is 1.93 bits per heavy atom. The van der Waals surface area contributed by atoms with Crippen LogP contribution in [0.1, 0.15) is 46.0 Å². The van der Waals surface area contributed by atoms with E-state index in [1.54, 1.807) is 6.92 Å². The van der Waals surface area contributed by atoms with E-state index in [2.05, 4.69) is 13.0 Å². The van der Waals surface area contributed by atoms with E-state index in [4.69, 9.17) is 15.7 Å². The zero-order valence-electron chi connectivity index (χ0n) is 9.38. The maximum absolute atomic E-state index is 8.66. The van der Waals surface area contributed by atoms with Crippen LogP contribution in [-0.2, 0) is 4.74 Å². The minimum absolute atomic E-state index is 0.663. The van der Waals surface area contributed by atoms with Gasteiger partial charge >= 0.3 is 0 Å². The molecule has 14 heavy (non-hydrogen) atoms. The van der Waals surface area contributed by atoms with Gasteiger partial charge in [-0.2, -0.15) is 5.26 Å². The zero-order valence-corrected chi connectivity index (χ0v) is 9.38. The second-order valence-electron chi connectivity index (χ2n) is 3.95. The number of nitrogens with zero attached hydrogens (tertiary/aromatic N) is 1. The van der Waals surface area contributed by atoms with E-state index < -0.39 is 5.54 Å². The Hall–Kier alpha value is -0.590.